The molecule has 12 heavy (non-hydrogen) atoms. The van der Waals surface area contributed by atoms with Gasteiger partial charge in [0.05, 0.1) is 5.69 Å². The minimum atomic E-state index is 0.675. The first-order chi connectivity index (χ1) is 5.86. The summed E-state index contributed by atoms with van der Waals surface area (Å²) in [4.78, 5) is 4.33. The fraction of sp³-hybridized carbons (Fsp3) is 0.444. The summed E-state index contributed by atoms with van der Waals surface area (Å²) in [5.74, 6) is 0. The molecule has 1 atom stereocenters. The first-order valence-corrected chi connectivity index (χ1v) is 5.10. The Hall–Kier alpha value is -0.700. The summed E-state index contributed by atoms with van der Waals surface area (Å²) in [6, 6.07) is 4.07. The molecule has 1 aliphatic rings. The van der Waals surface area contributed by atoms with Crippen LogP contribution in [0.25, 0.3) is 0 Å². The van der Waals surface area contributed by atoms with Gasteiger partial charge in [0.1, 0.15) is 5.03 Å². The zero-order valence-electron chi connectivity index (χ0n) is 7.08. The highest BCUT2D eigenvalue weighted by Gasteiger charge is 2.12. The first kappa shape index (κ1) is 7.92. The predicted octanol–water partition coefficient (Wildman–Crippen LogP) is 2.38. The number of anilines is 1. The third-order valence-electron chi connectivity index (χ3n) is 1.95. The second kappa shape index (κ2) is 3.35. The Morgan fingerprint density at radius 1 is 1.67 bits per heavy atom. The van der Waals surface area contributed by atoms with Gasteiger partial charge in [-0.25, -0.2) is 4.98 Å². The second-order valence-corrected chi connectivity index (χ2v) is 4.43. The topological polar surface area (TPSA) is 24.9 Å². The van der Waals surface area contributed by atoms with Gasteiger partial charge in [-0.3, -0.25) is 0 Å². The molecule has 0 saturated carbocycles. The lowest BCUT2D eigenvalue weighted by molar-refractivity contribution is 0.860. The van der Waals surface area contributed by atoms with Crippen molar-refractivity contribution >= 4 is 17.4 Å². The molecule has 1 aromatic rings. The molecule has 2 nitrogen and oxygen atoms in total. The quantitative estimate of drug-likeness (QED) is 0.663. The third-order valence-corrected chi connectivity index (χ3v) is 3.14. The molecular weight excluding hydrogens is 168 g/mol. The summed E-state index contributed by atoms with van der Waals surface area (Å²) >= 11 is 1.86. The van der Waals surface area contributed by atoms with Crippen molar-refractivity contribution in [2.24, 2.45) is 0 Å². The molecule has 3 heteroatoms. The number of nitrogens with one attached hydrogen (secondary N) is 1. The number of aromatic nitrogens is 1. The van der Waals surface area contributed by atoms with Gasteiger partial charge in [-0.15, -0.1) is 11.8 Å². The van der Waals surface area contributed by atoms with Gasteiger partial charge in [0.15, 0.2) is 0 Å². The third kappa shape index (κ3) is 1.55. The van der Waals surface area contributed by atoms with E-state index < -0.39 is 0 Å². The van der Waals surface area contributed by atoms with E-state index in [0.717, 1.165) is 11.6 Å². The van der Waals surface area contributed by atoms with Gasteiger partial charge in [-0.1, -0.05) is 6.92 Å². The number of hydrogen-bond acceptors (Lipinski definition) is 3. The number of thioether (sulfide) groups is 1. The Kier molecular flexibility index (Phi) is 2.21. The second-order valence-electron chi connectivity index (χ2n) is 3.00. The summed E-state index contributed by atoms with van der Waals surface area (Å²) in [5.41, 5.74) is 1.19. The van der Waals surface area contributed by atoms with Gasteiger partial charge in [-0.2, -0.15) is 0 Å². The van der Waals surface area contributed by atoms with E-state index in [9.17, 15) is 0 Å². The molecule has 1 unspecified atom stereocenters. The lowest BCUT2D eigenvalue weighted by atomic mass is 10.3. The molecule has 64 valence electrons. The zero-order valence-corrected chi connectivity index (χ0v) is 7.90. The van der Waals surface area contributed by atoms with Crippen LogP contribution in [0.3, 0.4) is 0 Å². The smallest absolute Gasteiger partial charge is 0.119 e. The van der Waals surface area contributed by atoms with Crippen LogP contribution >= 0.6 is 11.8 Å². The Morgan fingerprint density at radius 2 is 2.58 bits per heavy atom. The van der Waals surface area contributed by atoms with Crippen LogP contribution in [-0.2, 0) is 0 Å². The van der Waals surface area contributed by atoms with Crippen molar-refractivity contribution in [2.45, 2.75) is 23.6 Å². The van der Waals surface area contributed by atoms with Crippen LogP contribution in [0.4, 0.5) is 5.69 Å². The standard InChI is InChI=1S/C9H12N2S/c1-7-4-6-10-8-3-2-5-11-9(8)12-7/h2-3,5,7,10H,4,6H2,1H3. The predicted molar refractivity (Wildman–Crippen MR) is 52.7 cm³/mol. The number of nitrogens with zero attached hydrogens (tertiary/aromatic N) is 1. The van der Waals surface area contributed by atoms with Crippen molar-refractivity contribution in [3.63, 3.8) is 0 Å². The van der Waals surface area contributed by atoms with Crippen molar-refractivity contribution < 1.29 is 0 Å². The molecular formula is C9H12N2S. The minimum Gasteiger partial charge on any atom is -0.383 e. The molecule has 0 aromatic carbocycles. The maximum absolute atomic E-state index is 4.33. The largest absolute Gasteiger partial charge is 0.383 e. The van der Waals surface area contributed by atoms with Crippen LogP contribution < -0.4 is 5.32 Å². The SMILES string of the molecule is CC1CCNc2cccnc2S1. The average Bonchev–Trinajstić information content (AvgIpc) is 2.25. The summed E-state index contributed by atoms with van der Waals surface area (Å²) in [6.45, 7) is 3.31. The minimum absolute atomic E-state index is 0.675. The maximum atomic E-state index is 4.33. The van der Waals surface area contributed by atoms with E-state index in [-0.39, 0.29) is 0 Å². The molecule has 0 aliphatic carbocycles. The fourth-order valence-corrected chi connectivity index (χ4v) is 2.28. The molecule has 1 aliphatic heterocycles. The van der Waals surface area contributed by atoms with Gasteiger partial charge in [0, 0.05) is 18.0 Å². The summed E-state index contributed by atoms with van der Waals surface area (Å²) in [5, 5.41) is 5.19. The monoisotopic (exact) mass is 180 g/mol. The summed E-state index contributed by atoms with van der Waals surface area (Å²) in [7, 11) is 0. The van der Waals surface area contributed by atoms with Crippen molar-refractivity contribution in [3.8, 4) is 0 Å². The van der Waals surface area contributed by atoms with E-state index in [1.165, 1.54) is 12.1 Å². The molecule has 2 rings (SSSR count). The van der Waals surface area contributed by atoms with Crippen molar-refractivity contribution in [1.82, 2.24) is 4.98 Å². The van der Waals surface area contributed by atoms with E-state index in [2.05, 4.69) is 23.3 Å². The molecule has 0 amide bonds. The van der Waals surface area contributed by atoms with Gasteiger partial charge in [0.25, 0.3) is 0 Å². The lowest BCUT2D eigenvalue weighted by Gasteiger charge is -2.04. The highest BCUT2D eigenvalue weighted by molar-refractivity contribution is 8.00. The molecule has 0 spiro atoms. The van der Waals surface area contributed by atoms with Crippen LogP contribution in [0.15, 0.2) is 23.4 Å². The molecule has 1 aromatic heterocycles. The Morgan fingerprint density at radius 3 is 3.50 bits per heavy atom. The molecule has 0 radical (unpaired) electrons. The Bertz CT molecular complexity index is 275. The highest BCUT2D eigenvalue weighted by atomic mass is 32.2. The van der Waals surface area contributed by atoms with E-state index in [1.54, 1.807) is 0 Å². The van der Waals surface area contributed by atoms with E-state index in [4.69, 9.17) is 0 Å². The molecule has 0 bridgehead atoms. The fourth-order valence-electron chi connectivity index (χ4n) is 1.28. The molecule has 0 saturated heterocycles. The van der Waals surface area contributed by atoms with Crippen LogP contribution in [0, 0.1) is 0 Å². The van der Waals surface area contributed by atoms with Gasteiger partial charge in [-0.05, 0) is 18.6 Å². The van der Waals surface area contributed by atoms with Gasteiger partial charge in [0.2, 0.25) is 0 Å². The van der Waals surface area contributed by atoms with Crippen LogP contribution in [-0.4, -0.2) is 16.8 Å². The highest BCUT2D eigenvalue weighted by Crippen LogP contribution is 2.31. The van der Waals surface area contributed by atoms with Crippen molar-refractivity contribution in [2.75, 3.05) is 11.9 Å². The lowest BCUT2D eigenvalue weighted by Crippen LogP contribution is -2.03. The summed E-state index contributed by atoms with van der Waals surface area (Å²) < 4.78 is 0. The van der Waals surface area contributed by atoms with Crippen LogP contribution in [0.2, 0.25) is 0 Å². The summed E-state index contributed by atoms with van der Waals surface area (Å²) in [6.07, 6.45) is 3.06. The van der Waals surface area contributed by atoms with E-state index >= 15 is 0 Å². The Labute approximate surface area is 76.8 Å². The van der Waals surface area contributed by atoms with Gasteiger partial charge < -0.3 is 5.32 Å². The van der Waals surface area contributed by atoms with Crippen LogP contribution in [0.1, 0.15) is 13.3 Å². The van der Waals surface area contributed by atoms with Crippen molar-refractivity contribution in [1.29, 1.82) is 0 Å². The number of pyridine rings is 1. The van der Waals surface area contributed by atoms with E-state index in [0.29, 0.717) is 5.25 Å². The number of rotatable bonds is 0. The van der Waals surface area contributed by atoms with E-state index in [1.807, 2.05) is 24.0 Å². The molecule has 0 fully saturated rings. The Balaban J connectivity index is 2.31. The normalized spacial score (nSPS) is 22.2. The molecule has 2 heterocycles. The first-order valence-electron chi connectivity index (χ1n) is 4.22. The van der Waals surface area contributed by atoms with Crippen molar-refractivity contribution in [3.05, 3.63) is 18.3 Å². The van der Waals surface area contributed by atoms with Gasteiger partial charge >= 0.3 is 0 Å². The number of hydrogen-bond donors (Lipinski definition) is 1. The number of fused-ring (bicyclic) bond motifs is 1. The average molecular weight is 180 g/mol. The zero-order chi connectivity index (χ0) is 8.39. The van der Waals surface area contributed by atoms with Crippen LogP contribution in [0.5, 0.6) is 0 Å². The maximum Gasteiger partial charge on any atom is 0.119 e. The molecule has 1 N–H and O–H groups in total.